The van der Waals surface area contributed by atoms with Crippen molar-refractivity contribution >= 4 is 116 Å². The molecule has 12 N–H and O–H groups in total. The molecule has 0 radical (unpaired) electrons. The van der Waals surface area contributed by atoms with E-state index < -0.39 is 6.03 Å². The molecule has 1 aromatic carbocycles. The summed E-state index contributed by atoms with van der Waals surface area (Å²) in [5, 5.41) is 52.1. The van der Waals surface area contributed by atoms with Crippen LogP contribution in [-0.2, 0) is 28.2 Å². The fourth-order valence-electron chi connectivity index (χ4n) is 12.6. The van der Waals surface area contributed by atoms with Gasteiger partial charge in [0.1, 0.15) is 48.6 Å². The van der Waals surface area contributed by atoms with Gasteiger partial charge in [0.25, 0.3) is 0 Å². The summed E-state index contributed by atoms with van der Waals surface area (Å²) in [5.41, 5.74) is 6.61. The highest BCUT2D eigenvalue weighted by Gasteiger charge is 2.28. The summed E-state index contributed by atoms with van der Waals surface area (Å²) in [6.45, 7) is 14.5. The largest absolute Gasteiger partial charge is 0.494 e. The van der Waals surface area contributed by atoms with Crippen LogP contribution < -0.4 is 82.7 Å². The molecular formula is C86H103N31O12. The third-order valence-corrected chi connectivity index (χ3v) is 19.2. The van der Waals surface area contributed by atoms with E-state index in [0.29, 0.717) is 180 Å². The summed E-state index contributed by atoms with van der Waals surface area (Å²) >= 11 is 0. The van der Waals surface area contributed by atoms with Gasteiger partial charge in [-0.2, -0.15) is 20.4 Å². The Hall–Kier alpha value is -16.0. The number of aryl methyl sites for hydroxylation is 4. The molecule has 2 saturated carbocycles. The monoisotopic (exact) mass is 1760 g/mol. The summed E-state index contributed by atoms with van der Waals surface area (Å²) in [6, 6.07) is 16.1. The van der Waals surface area contributed by atoms with Crippen LogP contribution in [0.2, 0.25) is 0 Å². The maximum Gasteiger partial charge on any atom is 0.320 e. The van der Waals surface area contributed by atoms with E-state index in [1.54, 1.807) is 168 Å². The number of methoxy groups -OCH3 is 4. The zero-order valence-electron chi connectivity index (χ0n) is 74.2. The molecule has 2 aliphatic rings. The summed E-state index contributed by atoms with van der Waals surface area (Å²) in [5.74, 6) is 5.66. The minimum atomic E-state index is -0.396. The number of anilines is 12. The Morgan fingerprint density at radius 1 is 0.357 bits per heavy atom. The van der Waals surface area contributed by atoms with E-state index in [4.69, 9.17) is 18.9 Å². The van der Waals surface area contributed by atoms with Gasteiger partial charge < -0.3 is 61.5 Å². The lowest BCUT2D eigenvalue weighted by Crippen LogP contribution is -2.42. The van der Waals surface area contributed by atoms with E-state index in [9.17, 15) is 38.4 Å². The van der Waals surface area contributed by atoms with Crippen molar-refractivity contribution in [1.29, 1.82) is 0 Å². The lowest BCUT2D eigenvalue weighted by atomic mass is 9.93. The number of carbonyl (C=O) groups excluding carboxylic acids is 8. The topological polar surface area (TPSA) is 531 Å². The van der Waals surface area contributed by atoms with Crippen molar-refractivity contribution in [3.63, 3.8) is 0 Å². The third kappa shape index (κ3) is 25.0. The first-order valence-electron chi connectivity index (χ1n) is 41.3. The van der Waals surface area contributed by atoms with E-state index in [0.717, 1.165) is 32.1 Å². The second-order valence-corrected chi connectivity index (χ2v) is 29.7. The number of hydrogen-bond acceptors (Lipinski definition) is 31. The molecule has 43 nitrogen and oxygen atoms in total. The van der Waals surface area contributed by atoms with E-state index in [1.807, 2.05) is 45.9 Å². The first-order chi connectivity index (χ1) is 62.1. The normalized spacial score (nSPS) is 11.9. The molecule has 2 aliphatic carbocycles. The number of amides is 8. The van der Waals surface area contributed by atoms with Crippen molar-refractivity contribution in [2.24, 2.45) is 28.2 Å². The SMILES string of the molecule is CCC(=O)c1cnc(NC(=O)NC(C)C)cc1Nc1cccc(-c2ncn(C)n2)c1OC.CCC(=O)c1cnc(NC(=O)NC(C)C)cc1Nc1nccc(-c2ncn(C)n2)c1OC.CCC(=O)c1cnc(NC(=O)NC2CC2)cc1Nc1nccc(-c2ncn(C)n2)c1OC.CCC(=O)c1cnc(NC(=O)NC2CCC2)cc1Nc1nccc(-c2ncn(C)n2)c1OC. The molecule has 0 aliphatic heterocycles. The van der Waals surface area contributed by atoms with Crippen molar-refractivity contribution in [2.75, 3.05) is 71.0 Å². The predicted molar refractivity (Wildman–Crippen MR) is 483 cm³/mol. The molecule has 0 atom stereocenters. The number of benzene rings is 1. The van der Waals surface area contributed by atoms with E-state index >= 15 is 0 Å². The van der Waals surface area contributed by atoms with Crippen LogP contribution in [0.1, 0.15) is 155 Å². The average molecular weight is 1760 g/mol. The van der Waals surface area contributed by atoms with Gasteiger partial charge in [0.05, 0.1) is 101 Å². The number of nitrogens with zero attached hydrogens (tertiary/aromatic N) is 19. The standard InChI is InChI=1S/C22H26N8O3.C22H27N7O3.C21H24N8O3.C21H26N8O3/c1-4-17(31)15-11-24-18(28-22(32)26-13-6-5-7-13)10-16(15)27-21-19(33-3)14(8-9-23-21)20-25-12-30(2)29-20;1-6-18(30)15-11-23-19(27-22(31)25-13(2)3)10-17(15)26-16-9-7-8-14(20(16)32-5)21-24-12-29(4)28-21;1-4-16(30)14-10-23-17(27-21(31)25-12-5-6-12)9-15(14)26-20-18(32-3)13(7-8-22-20)19-24-11-29(2)28-19;1-6-16(30)14-10-23-17(27-21(31)25-12(2)3)9-15(14)26-20-18(32-5)13(7-8-22-20)19-24-11-29(4)28-19/h8-13H,4-7H2,1-3H3,(H3,23,24,26,27,28,32);7-13H,6H2,1-5H3,(H3,23,25,26,27,31);7-12H,4-6H2,1-3H3,(H3,22,23,25,26,27,31);7-12H,6H2,1-5H3,(H3,22,23,25,26,27,31). The molecule has 12 aromatic rings. The van der Waals surface area contributed by atoms with Gasteiger partial charge in [-0.3, -0.25) is 59.2 Å². The van der Waals surface area contributed by atoms with Crippen LogP contribution in [0.15, 0.2) is 129 Å². The molecule has 0 spiro atoms. The third-order valence-electron chi connectivity index (χ3n) is 19.2. The van der Waals surface area contributed by atoms with Crippen LogP contribution in [0.5, 0.6) is 23.0 Å². The number of urea groups is 4. The van der Waals surface area contributed by atoms with Crippen LogP contribution in [-0.4, -0.2) is 194 Å². The highest BCUT2D eigenvalue weighted by Crippen LogP contribution is 2.42. The number of pyridine rings is 7. The summed E-state index contributed by atoms with van der Waals surface area (Å²) < 4.78 is 28.8. The van der Waals surface area contributed by atoms with Crippen molar-refractivity contribution in [3.05, 3.63) is 152 Å². The average Bonchev–Trinajstić information content (AvgIpc) is 1.80. The zero-order chi connectivity index (χ0) is 92.5. The zero-order valence-corrected chi connectivity index (χ0v) is 74.2. The van der Waals surface area contributed by atoms with Gasteiger partial charge in [-0.15, -0.1) is 0 Å². The Balaban J connectivity index is 0.000000166. The highest BCUT2D eigenvalue weighted by molar-refractivity contribution is 6.06. The first-order valence-corrected chi connectivity index (χ1v) is 41.3. The maximum absolute atomic E-state index is 12.5. The smallest absolute Gasteiger partial charge is 0.320 e. The number of Topliss-reactive ketones (excluding diaryl/α,β-unsaturated/α-hetero) is 4. The number of rotatable bonds is 32. The van der Waals surface area contributed by atoms with Gasteiger partial charge in [0.15, 0.2) is 86.9 Å². The molecule has 0 unspecified atom stereocenters. The Labute approximate surface area is 742 Å². The molecule has 14 rings (SSSR count). The van der Waals surface area contributed by atoms with Crippen molar-refractivity contribution in [2.45, 2.75) is 137 Å². The molecule has 11 aromatic heterocycles. The number of para-hydroxylation sites is 1. The van der Waals surface area contributed by atoms with Crippen molar-refractivity contribution < 1.29 is 57.3 Å². The molecule has 0 saturated heterocycles. The number of ketones is 4. The van der Waals surface area contributed by atoms with Crippen LogP contribution >= 0.6 is 0 Å². The van der Waals surface area contributed by atoms with Crippen LogP contribution in [0.25, 0.3) is 45.6 Å². The van der Waals surface area contributed by atoms with Gasteiger partial charge in [-0.05, 0) is 90.1 Å². The molecule has 674 valence electrons. The molecule has 11 heterocycles. The molecule has 0 bridgehead atoms. The second-order valence-electron chi connectivity index (χ2n) is 29.7. The van der Waals surface area contributed by atoms with Gasteiger partial charge in [0, 0.05) is 146 Å². The van der Waals surface area contributed by atoms with E-state index in [2.05, 4.69) is 139 Å². The highest BCUT2D eigenvalue weighted by atomic mass is 16.5. The minimum absolute atomic E-state index is 0.0271. The van der Waals surface area contributed by atoms with Crippen LogP contribution in [0.4, 0.5) is 88.3 Å². The lowest BCUT2D eigenvalue weighted by molar-refractivity contribution is 0.0980. The molecule has 2 fully saturated rings. The molecule has 8 amide bonds. The lowest BCUT2D eigenvalue weighted by Gasteiger charge is -2.26. The summed E-state index contributed by atoms with van der Waals surface area (Å²) in [6.07, 6.45) is 23.2. The number of ether oxygens (including phenoxy) is 4. The Morgan fingerprint density at radius 2 is 0.643 bits per heavy atom. The minimum Gasteiger partial charge on any atom is -0.494 e. The van der Waals surface area contributed by atoms with Crippen LogP contribution in [0.3, 0.4) is 0 Å². The van der Waals surface area contributed by atoms with E-state index in [-0.39, 0.29) is 71.2 Å². The summed E-state index contributed by atoms with van der Waals surface area (Å²) in [4.78, 5) is 146. The number of carbonyl (C=O) groups is 8. The van der Waals surface area contributed by atoms with Crippen molar-refractivity contribution in [3.8, 4) is 68.5 Å². The van der Waals surface area contributed by atoms with Gasteiger partial charge >= 0.3 is 24.1 Å². The Kier molecular flexibility index (Phi) is 32.0. The summed E-state index contributed by atoms with van der Waals surface area (Å²) in [7, 11) is 13.2. The number of hydrogen-bond donors (Lipinski definition) is 12. The quantitative estimate of drug-likeness (QED) is 0.0174. The van der Waals surface area contributed by atoms with E-state index in [1.165, 1.54) is 46.1 Å². The first kappa shape index (κ1) is 93.7. The fourth-order valence-corrected chi connectivity index (χ4v) is 12.6. The predicted octanol–water partition coefficient (Wildman–Crippen LogP) is 13.1. The Morgan fingerprint density at radius 3 is 0.899 bits per heavy atom. The molecule has 43 heteroatoms. The Bertz CT molecular complexity index is 5600. The van der Waals surface area contributed by atoms with Crippen LogP contribution in [0, 0.1) is 0 Å². The fraction of sp³-hybridized carbons (Fsp3) is 0.337. The molecule has 129 heavy (non-hydrogen) atoms. The number of nitrogens with one attached hydrogen (secondary N) is 12. The maximum atomic E-state index is 12.5. The van der Waals surface area contributed by atoms with Gasteiger partial charge in [-0.25, -0.2) is 74.0 Å². The van der Waals surface area contributed by atoms with Gasteiger partial charge in [-0.1, -0.05) is 33.8 Å². The van der Waals surface area contributed by atoms with Gasteiger partial charge in [0.2, 0.25) is 0 Å². The number of aromatic nitrogens is 19. The molecular weight excluding hydrogens is 1660 g/mol. The second kappa shape index (κ2) is 44.0. The van der Waals surface area contributed by atoms with Crippen molar-refractivity contribution in [1.82, 2.24) is 115 Å².